The number of halogens is 1. The third-order valence-electron chi connectivity index (χ3n) is 5.23. The van der Waals surface area contributed by atoms with Gasteiger partial charge in [0.2, 0.25) is 5.28 Å². The number of ether oxygens (including phenoxy) is 1. The van der Waals surface area contributed by atoms with Crippen molar-refractivity contribution >= 4 is 44.7 Å². The van der Waals surface area contributed by atoms with Gasteiger partial charge in [0, 0.05) is 23.2 Å². The first-order valence-corrected chi connectivity index (χ1v) is 11.0. The summed E-state index contributed by atoms with van der Waals surface area (Å²) in [5.74, 6) is 1.76. The van der Waals surface area contributed by atoms with Gasteiger partial charge in [-0.15, -0.1) is 11.3 Å². The van der Waals surface area contributed by atoms with Gasteiger partial charge in [0.25, 0.3) is 0 Å². The molecule has 6 heteroatoms. The zero-order chi connectivity index (χ0) is 19.8. The van der Waals surface area contributed by atoms with Gasteiger partial charge in [0.15, 0.2) is 0 Å². The van der Waals surface area contributed by atoms with Crippen molar-refractivity contribution in [3.05, 3.63) is 64.8 Å². The predicted octanol–water partition coefficient (Wildman–Crippen LogP) is 6.49. The average molecular weight is 422 g/mol. The second-order valence-electron chi connectivity index (χ2n) is 6.99. The van der Waals surface area contributed by atoms with Crippen LogP contribution in [0, 0.1) is 0 Å². The van der Waals surface area contributed by atoms with Crippen LogP contribution < -0.4 is 9.64 Å². The zero-order valence-electron chi connectivity index (χ0n) is 16.1. The number of anilines is 2. The van der Waals surface area contributed by atoms with Crippen molar-refractivity contribution in [2.24, 2.45) is 0 Å². The number of aryl methyl sites for hydroxylation is 1. The Morgan fingerprint density at radius 1 is 1.10 bits per heavy atom. The Bertz CT molecular complexity index is 1170. The first kappa shape index (κ1) is 18.4. The van der Waals surface area contributed by atoms with E-state index in [0.717, 1.165) is 52.3 Å². The number of para-hydroxylation sites is 1. The normalized spacial score (nSPS) is 13.5. The van der Waals surface area contributed by atoms with Gasteiger partial charge in [-0.3, -0.25) is 0 Å². The molecular formula is C23H20ClN3OS. The lowest BCUT2D eigenvalue weighted by Crippen LogP contribution is -2.25. The van der Waals surface area contributed by atoms with E-state index in [1.165, 1.54) is 11.3 Å². The van der Waals surface area contributed by atoms with E-state index in [1.807, 2.05) is 19.1 Å². The smallest absolute Gasteiger partial charge is 0.225 e. The van der Waals surface area contributed by atoms with Gasteiger partial charge in [-0.1, -0.05) is 30.3 Å². The molecule has 4 nitrogen and oxygen atoms in total. The zero-order valence-corrected chi connectivity index (χ0v) is 17.6. The summed E-state index contributed by atoms with van der Waals surface area (Å²) in [7, 11) is 0. The molecule has 0 saturated carbocycles. The number of hydrogen-bond donors (Lipinski definition) is 0. The fraction of sp³-hybridized carbons (Fsp3) is 0.217. The lowest BCUT2D eigenvalue weighted by atomic mass is 10.0. The van der Waals surface area contributed by atoms with E-state index in [1.54, 1.807) is 11.3 Å². The van der Waals surface area contributed by atoms with Crippen molar-refractivity contribution in [2.75, 3.05) is 18.1 Å². The Hall–Kier alpha value is -2.63. The maximum Gasteiger partial charge on any atom is 0.225 e. The van der Waals surface area contributed by atoms with Crippen molar-refractivity contribution in [3.63, 3.8) is 0 Å². The van der Waals surface area contributed by atoms with Gasteiger partial charge in [0.05, 0.1) is 12.0 Å². The first-order chi connectivity index (χ1) is 14.2. The van der Waals surface area contributed by atoms with Crippen molar-refractivity contribution < 1.29 is 4.74 Å². The number of fused-ring (bicyclic) bond motifs is 2. The van der Waals surface area contributed by atoms with Crippen LogP contribution in [0.5, 0.6) is 5.75 Å². The number of aromatic nitrogens is 2. The molecule has 0 bridgehead atoms. The number of benzene rings is 2. The molecule has 146 valence electrons. The van der Waals surface area contributed by atoms with Gasteiger partial charge in [-0.25, -0.2) is 4.98 Å². The highest BCUT2D eigenvalue weighted by Crippen LogP contribution is 2.43. The van der Waals surface area contributed by atoms with Gasteiger partial charge in [-0.05, 0) is 60.7 Å². The van der Waals surface area contributed by atoms with Crippen LogP contribution >= 0.6 is 22.9 Å². The Kier molecular flexibility index (Phi) is 4.86. The summed E-state index contributed by atoms with van der Waals surface area (Å²) in [5, 5.41) is 3.49. The van der Waals surface area contributed by atoms with Crippen LogP contribution in [0.3, 0.4) is 0 Å². The van der Waals surface area contributed by atoms with Crippen LogP contribution in [0.1, 0.15) is 18.9 Å². The fourth-order valence-electron chi connectivity index (χ4n) is 3.96. The quantitative estimate of drug-likeness (QED) is 0.353. The van der Waals surface area contributed by atoms with E-state index < -0.39 is 0 Å². The molecule has 1 aliphatic heterocycles. The minimum absolute atomic E-state index is 0.288. The van der Waals surface area contributed by atoms with Crippen LogP contribution in [-0.4, -0.2) is 23.1 Å². The molecule has 0 saturated heterocycles. The summed E-state index contributed by atoms with van der Waals surface area (Å²) in [6.45, 7) is 3.56. The second kappa shape index (κ2) is 7.65. The molecule has 1 aliphatic rings. The minimum atomic E-state index is 0.288. The molecule has 0 amide bonds. The highest BCUT2D eigenvalue weighted by atomic mass is 35.5. The van der Waals surface area contributed by atoms with Gasteiger partial charge >= 0.3 is 0 Å². The largest absolute Gasteiger partial charge is 0.494 e. The molecule has 0 fully saturated rings. The molecule has 3 heterocycles. The van der Waals surface area contributed by atoms with E-state index in [4.69, 9.17) is 21.3 Å². The summed E-state index contributed by atoms with van der Waals surface area (Å²) in [4.78, 5) is 12.4. The maximum absolute atomic E-state index is 6.32. The predicted molar refractivity (Wildman–Crippen MR) is 121 cm³/mol. The van der Waals surface area contributed by atoms with E-state index >= 15 is 0 Å². The van der Waals surface area contributed by atoms with E-state index in [9.17, 15) is 0 Å². The molecule has 4 aromatic rings. The third kappa shape index (κ3) is 3.34. The molecule has 0 spiro atoms. The van der Waals surface area contributed by atoms with Crippen molar-refractivity contribution in [3.8, 4) is 16.9 Å². The number of rotatable bonds is 4. The lowest BCUT2D eigenvalue weighted by molar-refractivity contribution is 0.340. The topological polar surface area (TPSA) is 38.3 Å². The maximum atomic E-state index is 6.32. The first-order valence-electron chi connectivity index (χ1n) is 9.78. The summed E-state index contributed by atoms with van der Waals surface area (Å²) >= 11 is 7.93. The molecule has 2 aromatic heterocycles. The Morgan fingerprint density at radius 2 is 1.93 bits per heavy atom. The molecule has 2 aromatic carbocycles. The van der Waals surface area contributed by atoms with Crippen molar-refractivity contribution in [2.45, 2.75) is 19.8 Å². The van der Waals surface area contributed by atoms with Crippen LogP contribution in [0.2, 0.25) is 5.28 Å². The molecule has 5 rings (SSSR count). The van der Waals surface area contributed by atoms with E-state index in [2.05, 4.69) is 51.7 Å². The minimum Gasteiger partial charge on any atom is -0.494 e. The molecule has 29 heavy (non-hydrogen) atoms. The Morgan fingerprint density at radius 3 is 2.76 bits per heavy atom. The SMILES string of the molecule is CCOc1ccc(-c2csc3nc(Cl)nc(N4CCCc5ccccc54)c23)cc1. The lowest BCUT2D eigenvalue weighted by Gasteiger charge is -2.31. The van der Waals surface area contributed by atoms with E-state index in [0.29, 0.717) is 6.61 Å². The number of thiophene rings is 1. The molecule has 0 unspecified atom stereocenters. The Balaban J connectivity index is 1.68. The van der Waals surface area contributed by atoms with Gasteiger partial charge in [0.1, 0.15) is 16.4 Å². The summed E-state index contributed by atoms with van der Waals surface area (Å²) in [6.07, 6.45) is 2.17. The molecular weight excluding hydrogens is 402 g/mol. The molecule has 0 atom stereocenters. The number of hydrogen-bond acceptors (Lipinski definition) is 5. The monoisotopic (exact) mass is 421 g/mol. The van der Waals surface area contributed by atoms with Crippen LogP contribution in [0.15, 0.2) is 53.9 Å². The molecule has 0 N–H and O–H groups in total. The molecule has 0 radical (unpaired) electrons. The van der Waals surface area contributed by atoms with E-state index in [-0.39, 0.29) is 5.28 Å². The highest BCUT2D eigenvalue weighted by Gasteiger charge is 2.24. The van der Waals surface area contributed by atoms with Crippen LogP contribution in [0.4, 0.5) is 11.5 Å². The van der Waals surface area contributed by atoms with Crippen LogP contribution in [0.25, 0.3) is 21.3 Å². The van der Waals surface area contributed by atoms with Crippen molar-refractivity contribution in [1.82, 2.24) is 9.97 Å². The molecule has 0 aliphatic carbocycles. The highest BCUT2D eigenvalue weighted by molar-refractivity contribution is 7.17. The Labute approximate surface area is 178 Å². The van der Waals surface area contributed by atoms with Gasteiger partial charge in [-0.2, -0.15) is 4.98 Å². The van der Waals surface area contributed by atoms with Crippen LogP contribution in [-0.2, 0) is 6.42 Å². The summed E-state index contributed by atoms with van der Waals surface area (Å²) in [5.41, 5.74) is 4.80. The van der Waals surface area contributed by atoms with Gasteiger partial charge < -0.3 is 9.64 Å². The third-order valence-corrected chi connectivity index (χ3v) is 6.27. The fourth-order valence-corrected chi connectivity index (χ4v) is 5.11. The summed E-state index contributed by atoms with van der Waals surface area (Å²) in [6, 6.07) is 16.7. The standard InChI is InChI=1S/C23H20ClN3OS/c1-2-28-17-11-9-15(10-12-17)18-14-29-22-20(18)21(25-23(24)26-22)27-13-5-7-16-6-3-4-8-19(16)27/h3-4,6,8-12,14H,2,5,7,13H2,1H3. The summed E-state index contributed by atoms with van der Waals surface area (Å²) < 4.78 is 5.59. The number of nitrogens with zero attached hydrogens (tertiary/aromatic N) is 3. The average Bonchev–Trinajstić information content (AvgIpc) is 3.17. The van der Waals surface area contributed by atoms with Crippen molar-refractivity contribution in [1.29, 1.82) is 0 Å². The second-order valence-corrected chi connectivity index (χ2v) is 8.18.